The number of anilines is 1. The Morgan fingerprint density at radius 2 is 1.86 bits per heavy atom. The van der Waals surface area contributed by atoms with Crippen LogP contribution in [0.2, 0.25) is 0 Å². The highest BCUT2D eigenvalue weighted by molar-refractivity contribution is 5.92. The fourth-order valence-electron chi connectivity index (χ4n) is 1.91. The summed E-state index contributed by atoms with van der Waals surface area (Å²) in [7, 11) is 3.21. The quantitative estimate of drug-likeness (QED) is 0.480. The molecule has 0 saturated heterocycles. The first-order valence-electron chi connectivity index (χ1n) is 7.14. The molecule has 0 saturated carbocycles. The molecule has 0 aliphatic rings. The van der Waals surface area contributed by atoms with Crippen LogP contribution in [0.15, 0.2) is 23.2 Å². The third-order valence-corrected chi connectivity index (χ3v) is 3.02. The molecule has 0 fully saturated rings. The van der Waals surface area contributed by atoms with Gasteiger partial charge in [-0.2, -0.15) is 0 Å². The molecule has 0 bridgehead atoms. The molecular formula is C16H27N3O2. The van der Waals surface area contributed by atoms with Crippen LogP contribution in [0.5, 0.6) is 11.5 Å². The zero-order valence-corrected chi connectivity index (χ0v) is 13.7. The van der Waals surface area contributed by atoms with Crippen molar-refractivity contribution in [3.8, 4) is 11.5 Å². The molecule has 1 aromatic rings. The van der Waals surface area contributed by atoms with Crippen molar-refractivity contribution in [1.82, 2.24) is 0 Å². The lowest BCUT2D eigenvalue weighted by Gasteiger charge is -2.16. The number of guanidine groups is 1. The highest BCUT2D eigenvalue weighted by Crippen LogP contribution is 2.29. The summed E-state index contributed by atoms with van der Waals surface area (Å²) < 4.78 is 10.4. The average molecular weight is 293 g/mol. The van der Waals surface area contributed by atoms with E-state index in [0.717, 1.165) is 25.1 Å². The van der Waals surface area contributed by atoms with Gasteiger partial charge in [0.1, 0.15) is 0 Å². The highest BCUT2D eigenvalue weighted by atomic mass is 16.5. The van der Waals surface area contributed by atoms with Gasteiger partial charge in [0.15, 0.2) is 17.5 Å². The Bertz CT molecular complexity index is 479. The molecule has 0 unspecified atom stereocenters. The maximum Gasteiger partial charge on any atom is 0.193 e. The van der Waals surface area contributed by atoms with Gasteiger partial charge in [0.25, 0.3) is 0 Å². The van der Waals surface area contributed by atoms with Crippen LogP contribution >= 0.6 is 0 Å². The first kappa shape index (κ1) is 17.1. The number of hydrogen-bond acceptors (Lipinski definition) is 3. The van der Waals surface area contributed by atoms with Gasteiger partial charge < -0.3 is 20.5 Å². The molecule has 0 amide bonds. The van der Waals surface area contributed by atoms with Gasteiger partial charge in [0, 0.05) is 18.3 Å². The van der Waals surface area contributed by atoms with Crippen molar-refractivity contribution >= 4 is 11.6 Å². The molecule has 0 aliphatic heterocycles. The second-order valence-electron chi connectivity index (χ2n) is 6.13. The first-order valence-corrected chi connectivity index (χ1v) is 7.14. The Morgan fingerprint density at radius 3 is 2.43 bits per heavy atom. The van der Waals surface area contributed by atoms with Crippen molar-refractivity contribution < 1.29 is 9.47 Å². The van der Waals surface area contributed by atoms with Gasteiger partial charge in [-0.25, -0.2) is 0 Å². The first-order chi connectivity index (χ1) is 9.85. The Morgan fingerprint density at radius 1 is 1.19 bits per heavy atom. The van der Waals surface area contributed by atoms with E-state index < -0.39 is 0 Å². The van der Waals surface area contributed by atoms with E-state index in [2.05, 4.69) is 31.1 Å². The number of hydrogen-bond donors (Lipinski definition) is 2. The second-order valence-corrected chi connectivity index (χ2v) is 6.13. The van der Waals surface area contributed by atoms with Gasteiger partial charge in [-0.3, -0.25) is 4.99 Å². The molecule has 5 nitrogen and oxygen atoms in total. The van der Waals surface area contributed by atoms with Crippen LogP contribution < -0.4 is 20.5 Å². The molecule has 0 heterocycles. The summed E-state index contributed by atoms with van der Waals surface area (Å²) in [6.45, 7) is 7.40. The largest absolute Gasteiger partial charge is 0.493 e. The number of ether oxygens (including phenoxy) is 2. The summed E-state index contributed by atoms with van der Waals surface area (Å²) in [6, 6.07) is 5.53. The molecule has 1 aromatic carbocycles. The van der Waals surface area contributed by atoms with Crippen LogP contribution in [0.4, 0.5) is 5.69 Å². The molecule has 5 heteroatoms. The van der Waals surface area contributed by atoms with E-state index in [9.17, 15) is 0 Å². The van der Waals surface area contributed by atoms with Crippen molar-refractivity contribution in [2.75, 3.05) is 26.1 Å². The number of aliphatic imine (C=N–C) groups is 1. The minimum atomic E-state index is 0.334. The molecule has 0 aliphatic carbocycles. The zero-order chi connectivity index (χ0) is 15.9. The number of nitrogens with two attached hydrogens (primary N) is 1. The highest BCUT2D eigenvalue weighted by Gasteiger charge is 2.09. The summed E-state index contributed by atoms with van der Waals surface area (Å²) in [4.78, 5) is 4.33. The molecule has 0 atom stereocenters. The van der Waals surface area contributed by atoms with Gasteiger partial charge in [-0.1, -0.05) is 20.8 Å². The predicted octanol–water partition coefficient (Wildman–Crippen LogP) is 3.26. The van der Waals surface area contributed by atoms with E-state index in [1.54, 1.807) is 14.2 Å². The van der Waals surface area contributed by atoms with E-state index in [1.807, 2.05) is 18.2 Å². The third-order valence-electron chi connectivity index (χ3n) is 3.02. The van der Waals surface area contributed by atoms with E-state index in [1.165, 1.54) is 0 Å². The van der Waals surface area contributed by atoms with E-state index in [4.69, 9.17) is 15.2 Å². The summed E-state index contributed by atoms with van der Waals surface area (Å²) in [6.07, 6.45) is 2.15. The van der Waals surface area contributed by atoms with Crippen LogP contribution in [0.25, 0.3) is 0 Å². The topological polar surface area (TPSA) is 68.9 Å². The lowest BCUT2D eigenvalue weighted by atomic mass is 9.91. The number of nitrogens with one attached hydrogen (secondary N) is 1. The van der Waals surface area contributed by atoms with Crippen molar-refractivity contribution in [2.24, 2.45) is 16.1 Å². The Balaban J connectivity index is 2.56. The third kappa shape index (κ3) is 6.38. The molecule has 118 valence electrons. The lowest BCUT2D eigenvalue weighted by molar-refractivity contribution is 0.355. The van der Waals surface area contributed by atoms with Gasteiger partial charge in [0.05, 0.1) is 14.2 Å². The minimum absolute atomic E-state index is 0.334. The fourth-order valence-corrected chi connectivity index (χ4v) is 1.91. The van der Waals surface area contributed by atoms with Crippen molar-refractivity contribution in [3.63, 3.8) is 0 Å². The Labute approximate surface area is 127 Å². The number of nitrogens with zero attached hydrogens (tertiary/aromatic N) is 1. The lowest BCUT2D eigenvalue weighted by Crippen LogP contribution is -2.23. The monoisotopic (exact) mass is 293 g/mol. The molecule has 21 heavy (non-hydrogen) atoms. The number of rotatable bonds is 6. The average Bonchev–Trinajstić information content (AvgIpc) is 2.42. The SMILES string of the molecule is COc1ccc(NC(N)=NCCCC(C)(C)C)cc1OC. The van der Waals surface area contributed by atoms with Gasteiger partial charge in [-0.15, -0.1) is 0 Å². The van der Waals surface area contributed by atoms with Crippen LogP contribution in [-0.2, 0) is 0 Å². The maximum atomic E-state index is 5.88. The summed E-state index contributed by atoms with van der Waals surface area (Å²) in [5.74, 6) is 1.75. The minimum Gasteiger partial charge on any atom is -0.493 e. The number of methoxy groups -OCH3 is 2. The van der Waals surface area contributed by atoms with Crippen LogP contribution in [-0.4, -0.2) is 26.7 Å². The Kier molecular flexibility index (Phi) is 6.34. The molecule has 3 N–H and O–H groups in total. The van der Waals surface area contributed by atoms with E-state index in [0.29, 0.717) is 22.9 Å². The van der Waals surface area contributed by atoms with Crippen molar-refractivity contribution in [3.05, 3.63) is 18.2 Å². The molecule has 0 aromatic heterocycles. The predicted molar refractivity (Wildman–Crippen MR) is 88.3 cm³/mol. The van der Waals surface area contributed by atoms with E-state index >= 15 is 0 Å². The standard InChI is InChI=1S/C16H27N3O2/c1-16(2,3)9-6-10-18-15(17)19-12-7-8-13(20-4)14(11-12)21-5/h7-8,11H,6,9-10H2,1-5H3,(H3,17,18,19). The molecular weight excluding hydrogens is 266 g/mol. The summed E-state index contributed by atoms with van der Waals surface area (Å²) in [5, 5.41) is 3.06. The van der Waals surface area contributed by atoms with Gasteiger partial charge in [-0.05, 0) is 30.4 Å². The second kappa shape index (κ2) is 7.76. The fraction of sp³-hybridized carbons (Fsp3) is 0.562. The number of benzene rings is 1. The smallest absolute Gasteiger partial charge is 0.193 e. The van der Waals surface area contributed by atoms with E-state index in [-0.39, 0.29) is 0 Å². The van der Waals surface area contributed by atoms with Gasteiger partial charge in [0.2, 0.25) is 0 Å². The van der Waals surface area contributed by atoms with Crippen LogP contribution in [0, 0.1) is 5.41 Å². The van der Waals surface area contributed by atoms with Gasteiger partial charge >= 0.3 is 0 Å². The van der Waals surface area contributed by atoms with Crippen LogP contribution in [0.1, 0.15) is 33.6 Å². The zero-order valence-electron chi connectivity index (χ0n) is 13.7. The Hall–Kier alpha value is -1.91. The van der Waals surface area contributed by atoms with Crippen LogP contribution in [0.3, 0.4) is 0 Å². The molecule has 1 rings (SSSR count). The summed E-state index contributed by atoms with van der Waals surface area (Å²) >= 11 is 0. The maximum absolute atomic E-state index is 5.88. The summed E-state index contributed by atoms with van der Waals surface area (Å²) in [5.41, 5.74) is 7.04. The van der Waals surface area contributed by atoms with Crippen molar-refractivity contribution in [2.45, 2.75) is 33.6 Å². The molecule has 0 radical (unpaired) electrons. The molecule has 0 spiro atoms. The normalized spacial score (nSPS) is 12.1. The van der Waals surface area contributed by atoms with Crippen molar-refractivity contribution in [1.29, 1.82) is 0 Å².